The van der Waals surface area contributed by atoms with Crippen molar-refractivity contribution >= 4 is 34.4 Å². The lowest BCUT2D eigenvalue weighted by Crippen LogP contribution is -2.59. The summed E-state index contributed by atoms with van der Waals surface area (Å²) in [5.41, 5.74) is 7.24. The molecule has 1 aliphatic carbocycles. The fourth-order valence-electron chi connectivity index (χ4n) is 3.30. The van der Waals surface area contributed by atoms with E-state index in [1.54, 1.807) is 5.38 Å². The second-order valence-electron chi connectivity index (χ2n) is 6.66. The quantitative estimate of drug-likeness (QED) is 0.667. The van der Waals surface area contributed by atoms with E-state index in [9.17, 15) is 18.0 Å². The predicted octanol–water partition coefficient (Wildman–Crippen LogP) is 3.50. The molecule has 3 heterocycles. The SMILES string of the molecule is N[C@H]1CCCC(F)(F)[C@@H]1NC(=O)c1nc(-c2cnn3cc(F)c(Cl)cc23)cs1. The average Bonchev–Trinajstić information content (AvgIpc) is 3.25. The van der Waals surface area contributed by atoms with Crippen molar-refractivity contribution in [1.29, 1.82) is 0 Å². The zero-order chi connectivity index (χ0) is 20.1. The monoisotopic (exact) mass is 429 g/mol. The predicted molar refractivity (Wildman–Crippen MR) is 99.3 cm³/mol. The first-order valence-corrected chi connectivity index (χ1v) is 9.74. The number of fused-ring (bicyclic) bond motifs is 1. The molecule has 3 aromatic heterocycles. The van der Waals surface area contributed by atoms with Crippen LogP contribution in [-0.2, 0) is 0 Å². The second kappa shape index (κ2) is 7.02. The van der Waals surface area contributed by atoms with E-state index in [1.807, 2.05) is 0 Å². The van der Waals surface area contributed by atoms with Gasteiger partial charge in [0, 0.05) is 23.4 Å². The molecule has 3 aromatic rings. The highest BCUT2D eigenvalue weighted by atomic mass is 35.5. The minimum Gasteiger partial charge on any atom is -0.340 e. The summed E-state index contributed by atoms with van der Waals surface area (Å²) in [6, 6.07) is -0.844. The molecule has 0 bridgehead atoms. The summed E-state index contributed by atoms with van der Waals surface area (Å²) in [5.74, 6) is -4.39. The van der Waals surface area contributed by atoms with Crippen LogP contribution < -0.4 is 11.1 Å². The van der Waals surface area contributed by atoms with Crippen LogP contribution >= 0.6 is 22.9 Å². The van der Waals surface area contributed by atoms with Gasteiger partial charge in [-0.2, -0.15) is 5.10 Å². The number of nitrogens with one attached hydrogen (secondary N) is 1. The normalized spacial score (nSPS) is 21.8. The highest BCUT2D eigenvalue weighted by Gasteiger charge is 2.46. The van der Waals surface area contributed by atoms with Crippen LogP contribution in [0.25, 0.3) is 16.8 Å². The van der Waals surface area contributed by atoms with E-state index in [2.05, 4.69) is 15.4 Å². The minimum absolute atomic E-state index is 0.0242. The number of nitrogens with two attached hydrogens (primary N) is 1. The fraction of sp³-hybridized carbons (Fsp3) is 0.353. The van der Waals surface area contributed by atoms with Crippen LogP contribution in [0.5, 0.6) is 0 Å². The smallest absolute Gasteiger partial charge is 0.280 e. The highest BCUT2D eigenvalue weighted by molar-refractivity contribution is 7.12. The molecule has 148 valence electrons. The number of aromatic nitrogens is 3. The van der Waals surface area contributed by atoms with Crippen LogP contribution in [-0.4, -0.2) is 38.5 Å². The summed E-state index contributed by atoms with van der Waals surface area (Å²) in [5, 5.41) is 7.92. The zero-order valence-corrected chi connectivity index (χ0v) is 15.9. The summed E-state index contributed by atoms with van der Waals surface area (Å²) < 4.78 is 43.1. The van der Waals surface area contributed by atoms with E-state index in [0.29, 0.717) is 29.6 Å². The number of amides is 1. The Morgan fingerprint density at radius 1 is 1.46 bits per heavy atom. The van der Waals surface area contributed by atoms with Gasteiger partial charge in [0.1, 0.15) is 6.04 Å². The number of rotatable bonds is 3. The van der Waals surface area contributed by atoms with Crippen LogP contribution in [0.2, 0.25) is 5.02 Å². The number of hydrogen-bond donors (Lipinski definition) is 2. The Morgan fingerprint density at radius 3 is 3.00 bits per heavy atom. The van der Waals surface area contributed by atoms with E-state index in [0.717, 1.165) is 17.5 Å². The van der Waals surface area contributed by atoms with E-state index >= 15 is 0 Å². The molecular weight excluding hydrogens is 415 g/mol. The fourth-order valence-corrected chi connectivity index (χ4v) is 4.17. The number of alkyl halides is 2. The maximum absolute atomic E-state index is 14.1. The lowest BCUT2D eigenvalue weighted by molar-refractivity contribution is -0.0674. The van der Waals surface area contributed by atoms with Gasteiger partial charge in [-0.25, -0.2) is 22.7 Å². The summed E-state index contributed by atoms with van der Waals surface area (Å²) in [6.45, 7) is 0. The maximum atomic E-state index is 14.1. The molecule has 1 saturated carbocycles. The molecule has 4 rings (SSSR count). The van der Waals surface area contributed by atoms with Gasteiger partial charge < -0.3 is 11.1 Å². The van der Waals surface area contributed by atoms with Crippen molar-refractivity contribution < 1.29 is 18.0 Å². The lowest BCUT2D eigenvalue weighted by atomic mass is 9.87. The summed E-state index contributed by atoms with van der Waals surface area (Å²) in [4.78, 5) is 16.7. The van der Waals surface area contributed by atoms with E-state index in [4.69, 9.17) is 17.3 Å². The number of hydrogen-bond acceptors (Lipinski definition) is 5. The molecule has 11 heteroatoms. The van der Waals surface area contributed by atoms with Crippen LogP contribution in [0.4, 0.5) is 13.2 Å². The van der Waals surface area contributed by atoms with Crippen LogP contribution in [0.1, 0.15) is 29.1 Å². The van der Waals surface area contributed by atoms with Crippen molar-refractivity contribution in [3.05, 3.63) is 39.7 Å². The molecule has 28 heavy (non-hydrogen) atoms. The van der Waals surface area contributed by atoms with Gasteiger partial charge in [-0.15, -0.1) is 11.3 Å². The zero-order valence-electron chi connectivity index (χ0n) is 14.3. The number of carbonyl (C=O) groups excluding carboxylic acids is 1. The second-order valence-corrected chi connectivity index (χ2v) is 7.93. The topological polar surface area (TPSA) is 85.3 Å². The molecule has 0 unspecified atom stereocenters. The van der Waals surface area contributed by atoms with Crippen LogP contribution in [0.15, 0.2) is 23.8 Å². The van der Waals surface area contributed by atoms with E-state index in [1.165, 1.54) is 16.8 Å². The van der Waals surface area contributed by atoms with Crippen molar-refractivity contribution in [2.24, 2.45) is 5.73 Å². The van der Waals surface area contributed by atoms with Gasteiger partial charge >= 0.3 is 0 Å². The van der Waals surface area contributed by atoms with Crippen molar-refractivity contribution in [1.82, 2.24) is 19.9 Å². The van der Waals surface area contributed by atoms with Crippen molar-refractivity contribution in [3.8, 4) is 11.3 Å². The largest absolute Gasteiger partial charge is 0.340 e. The molecule has 1 fully saturated rings. The molecule has 2 atom stereocenters. The Hall–Kier alpha value is -2.17. The number of thiazole rings is 1. The first kappa shape index (κ1) is 19.2. The summed E-state index contributed by atoms with van der Waals surface area (Å²) in [6.07, 6.45) is 3.03. The standard InChI is InChI=1S/C17H15ClF3N5OS/c18-9-4-13-8(5-23-26(13)6-10(9)19)12-7-28-16(24-12)15(27)25-14-11(22)2-1-3-17(14,20)21/h4-7,11,14H,1-3,22H2,(H,25,27)/t11-,14+/m0/s1. The molecule has 0 radical (unpaired) electrons. The Kier molecular flexibility index (Phi) is 4.80. The summed E-state index contributed by atoms with van der Waals surface area (Å²) in [7, 11) is 0. The first-order valence-electron chi connectivity index (χ1n) is 8.49. The Bertz CT molecular complexity index is 1050. The highest BCUT2D eigenvalue weighted by Crippen LogP contribution is 2.33. The molecule has 0 spiro atoms. The number of pyridine rings is 1. The van der Waals surface area contributed by atoms with Gasteiger partial charge in [0.2, 0.25) is 0 Å². The molecule has 1 amide bonds. The van der Waals surface area contributed by atoms with Crippen molar-refractivity contribution in [2.45, 2.75) is 37.3 Å². The van der Waals surface area contributed by atoms with E-state index < -0.39 is 29.7 Å². The Labute approximate surface area is 166 Å². The van der Waals surface area contributed by atoms with Gasteiger partial charge in [0.05, 0.1) is 28.6 Å². The van der Waals surface area contributed by atoms with Crippen LogP contribution in [0, 0.1) is 5.82 Å². The summed E-state index contributed by atoms with van der Waals surface area (Å²) >= 11 is 6.84. The number of carbonyl (C=O) groups is 1. The molecular formula is C17H15ClF3N5OS. The minimum atomic E-state index is -3.06. The van der Waals surface area contributed by atoms with Crippen molar-refractivity contribution in [3.63, 3.8) is 0 Å². The van der Waals surface area contributed by atoms with Gasteiger partial charge in [-0.3, -0.25) is 4.79 Å². The Morgan fingerprint density at radius 2 is 2.25 bits per heavy atom. The third-order valence-electron chi connectivity index (χ3n) is 4.75. The Balaban J connectivity index is 1.59. The number of nitrogens with zero attached hydrogens (tertiary/aromatic N) is 3. The molecule has 6 nitrogen and oxygen atoms in total. The molecule has 1 aliphatic rings. The average molecular weight is 430 g/mol. The van der Waals surface area contributed by atoms with Crippen molar-refractivity contribution in [2.75, 3.05) is 0 Å². The van der Waals surface area contributed by atoms with Crippen LogP contribution in [0.3, 0.4) is 0 Å². The van der Waals surface area contributed by atoms with Gasteiger partial charge in [0.15, 0.2) is 10.8 Å². The molecule has 0 aliphatic heterocycles. The van der Waals surface area contributed by atoms with E-state index in [-0.39, 0.29) is 16.5 Å². The lowest BCUT2D eigenvalue weighted by Gasteiger charge is -2.36. The van der Waals surface area contributed by atoms with Gasteiger partial charge in [-0.05, 0) is 18.9 Å². The number of halogens is 4. The first-order chi connectivity index (χ1) is 13.3. The van der Waals surface area contributed by atoms with Gasteiger partial charge in [0.25, 0.3) is 11.8 Å². The third-order valence-corrected chi connectivity index (χ3v) is 5.88. The molecule has 3 N–H and O–H groups in total. The third kappa shape index (κ3) is 3.36. The molecule has 0 saturated heterocycles. The maximum Gasteiger partial charge on any atom is 0.280 e. The molecule has 0 aromatic carbocycles. The van der Waals surface area contributed by atoms with Gasteiger partial charge in [-0.1, -0.05) is 11.6 Å².